The van der Waals surface area contributed by atoms with E-state index in [9.17, 15) is 5.11 Å². The molecule has 19 heavy (non-hydrogen) atoms. The van der Waals surface area contributed by atoms with Crippen molar-refractivity contribution in [1.82, 2.24) is 9.88 Å². The van der Waals surface area contributed by atoms with Crippen LogP contribution in [0.25, 0.3) is 0 Å². The van der Waals surface area contributed by atoms with E-state index >= 15 is 0 Å². The number of hydrogen-bond acceptors (Lipinski definition) is 4. The number of pyridine rings is 1. The van der Waals surface area contributed by atoms with E-state index in [0.29, 0.717) is 5.92 Å². The number of aliphatic hydroxyl groups is 1. The van der Waals surface area contributed by atoms with Crippen molar-refractivity contribution in [1.29, 1.82) is 0 Å². The number of aliphatic hydroxyl groups excluding tert-OH is 1. The van der Waals surface area contributed by atoms with Crippen LogP contribution < -0.4 is 5.32 Å². The van der Waals surface area contributed by atoms with Gasteiger partial charge in [-0.3, -0.25) is 4.90 Å². The molecular weight excluding hydrogens is 238 g/mol. The summed E-state index contributed by atoms with van der Waals surface area (Å²) < 4.78 is 0. The Morgan fingerprint density at radius 1 is 1.47 bits per heavy atom. The quantitative estimate of drug-likeness (QED) is 0.854. The lowest BCUT2D eigenvalue weighted by molar-refractivity contribution is 0.0259. The van der Waals surface area contributed by atoms with E-state index in [2.05, 4.69) is 35.1 Å². The van der Waals surface area contributed by atoms with Gasteiger partial charge in [0.2, 0.25) is 0 Å². The van der Waals surface area contributed by atoms with Crippen LogP contribution in [0.4, 0.5) is 5.82 Å². The summed E-state index contributed by atoms with van der Waals surface area (Å²) in [5, 5.41) is 13.2. The molecule has 0 spiro atoms. The average molecular weight is 263 g/mol. The van der Waals surface area contributed by atoms with Crippen molar-refractivity contribution >= 4 is 5.82 Å². The minimum absolute atomic E-state index is 0.188. The van der Waals surface area contributed by atoms with Crippen LogP contribution in [0.3, 0.4) is 0 Å². The molecule has 0 amide bonds. The van der Waals surface area contributed by atoms with Gasteiger partial charge in [0.05, 0.1) is 6.10 Å². The van der Waals surface area contributed by atoms with Crippen LogP contribution in [0.2, 0.25) is 0 Å². The monoisotopic (exact) mass is 263 g/mol. The van der Waals surface area contributed by atoms with Crippen molar-refractivity contribution in [2.45, 2.75) is 39.3 Å². The molecule has 1 aliphatic rings. The van der Waals surface area contributed by atoms with Crippen LogP contribution in [0.5, 0.6) is 0 Å². The van der Waals surface area contributed by atoms with Gasteiger partial charge in [-0.05, 0) is 36.9 Å². The van der Waals surface area contributed by atoms with Gasteiger partial charge in [-0.2, -0.15) is 0 Å². The molecule has 1 aromatic heterocycles. The normalized spacial score (nSPS) is 24.4. The summed E-state index contributed by atoms with van der Waals surface area (Å²) in [7, 11) is 0. The molecular formula is C15H25N3O. The SMILES string of the molecule is CCCNc1ccc(CN2CCC(C)C(O)C2)cn1. The molecule has 1 saturated heterocycles. The zero-order valence-corrected chi connectivity index (χ0v) is 12.0. The second-order valence-electron chi connectivity index (χ2n) is 5.55. The average Bonchev–Trinajstić information content (AvgIpc) is 2.42. The Bertz CT molecular complexity index is 379. The minimum Gasteiger partial charge on any atom is -0.392 e. The number of nitrogens with one attached hydrogen (secondary N) is 1. The largest absolute Gasteiger partial charge is 0.392 e. The van der Waals surface area contributed by atoms with Gasteiger partial charge in [-0.1, -0.05) is 19.9 Å². The van der Waals surface area contributed by atoms with Crippen LogP contribution in [-0.2, 0) is 6.54 Å². The maximum absolute atomic E-state index is 9.90. The molecule has 0 aromatic carbocycles. The second-order valence-corrected chi connectivity index (χ2v) is 5.55. The first-order valence-corrected chi connectivity index (χ1v) is 7.28. The molecule has 1 aliphatic heterocycles. The molecule has 4 nitrogen and oxygen atoms in total. The predicted molar refractivity (Wildman–Crippen MR) is 78.1 cm³/mol. The molecule has 0 bridgehead atoms. The predicted octanol–water partition coefficient (Wildman–Crippen LogP) is 2.11. The molecule has 2 N–H and O–H groups in total. The van der Waals surface area contributed by atoms with E-state index < -0.39 is 0 Å². The van der Waals surface area contributed by atoms with Crippen molar-refractivity contribution in [3.05, 3.63) is 23.9 Å². The summed E-state index contributed by atoms with van der Waals surface area (Å²) >= 11 is 0. The maximum atomic E-state index is 9.90. The summed E-state index contributed by atoms with van der Waals surface area (Å²) in [6, 6.07) is 4.16. The number of piperidine rings is 1. The van der Waals surface area contributed by atoms with Crippen molar-refractivity contribution in [3.8, 4) is 0 Å². The van der Waals surface area contributed by atoms with Gasteiger partial charge in [-0.25, -0.2) is 4.98 Å². The first-order valence-electron chi connectivity index (χ1n) is 7.28. The third-order valence-electron chi connectivity index (χ3n) is 3.79. The molecule has 106 valence electrons. The lowest BCUT2D eigenvalue weighted by atomic mass is 9.96. The summed E-state index contributed by atoms with van der Waals surface area (Å²) in [5.74, 6) is 1.37. The van der Waals surface area contributed by atoms with Gasteiger partial charge >= 0.3 is 0 Å². The number of likely N-dealkylation sites (tertiary alicyclic amines) is 1. The van der Waals surface area contributed by atoms with E-state index in [1.807, 2.05) is 12.3 Å². The fourth-order valence-corrected chi connectivity index (χ4v) is 2.39. The van der Waals surface area contributed by atoms with E-state index in [1.165, 1.54) is 5.56 Å². The number of aromatic nitrogens is 1. The molecule has 1 fully saturated rings. The van der Waals surface area contributed by atoms with Crippen molar-refractivity contribution in [2.75, 3.05) is 25.0 Å². The minimum atomic E-state index is -0.188. The number of nitrogens with zero attached hydrogens (tertiary/aromatic N) is 2. The van der Waals surface area contributed by atoms with Gasteiger partial charge in [-0.15, -0.1) is 0 Å². The zero-order chi connectivity index (χ0) is 13.7. The topological polar surface area (TPSA) is 48.4 Å². The van der Waals surface area contributed by atoms with E-state index in [0.717, 1.165) is 44.8 Å². The molecule has 0 aliphatic carbocycles. The highest BCUT2D eigenvalue weighted by atomic mass is 16.3. The van der Waals surface area contributed by atoms with Gasteiger partial charge in [0.25, 0.3) is 0 Å². The number of rotatable bonds is 5. The summed E-state index contributed by atoms with van der Waals surface area (Å²) in [6.07, 6.45) is 3.92. The van der Waals surface area contributed by atoms with E-state index in [4.69, 9.17) is 0 Å². The molecule has 2 atom stereocenters. The molecule has 2 heterocycles. The van der Waals surface area contributed by atoms with E-state index in [1.54, 1.807) is 0 Å². The fraction of sp³-hybridized carbons (Fsp3) is 0.667. The Kier molecular flexibility index (Phi) is 5.16. The third kappa shape index (κ3) is 4.18. The van der Waals surface area contributed by atoms with Crippen LogP contribution in [0.1, 0.15) is 32.3 Å². The standard InChI is InChI=1S/C15H25N3O/c1-3-7-16-15-5-4-13(9-17-15)10-18-8-6-12(2)14(19)11-18/h4-5,9,12,14,19H,3,6-8,10-11H2,1-2H3,(H,16,17). The Hall–Kier alpha value is -1.13. The van der Waals surface area contributed by atoms with Gasteiger partial charge in [0.1, 0.15) is 5.82 Å². The lowest BCUT2D eigenvalue weighted by Crippen LogP contribution is -2.42. The second kappa shape index (κ2) is 6.87. The molecule has 4 heteroatoms. The Morgan fingerprint density at radius 2 is 2.32 bits per heavy atom. The van der Waals surface area contributed by atoms with Crippen LogP contribution in [0, 0.1) is 5.92 Å². The molecule has 2 rings (SSSR count). The van der Waals surface area contributed by atoms with Crippen LogP contribution in [0.15, 0.2) is 18.3 Å². The lowest BCUT2D eigenvalue weighted by Gasteiger charge is -2.34. The molecule has 1 aromatic rings. The Balaban J connectivity index is 1.85. The maximum Gasteiger partial charge on any atom is 0.125 e. The number of β-amino-alcohol motifs (C(OH)–C–C–N with tert-alkyl or cyclic N) is 1. The third-order valence-corrected chi connectivity index (χ3v) is 3.79. The number of anilines is 1. The van der Waals surface area contributed by atoms with E-state index in [-0.39, 0.29) is 6.10 Å². The highest BCUT2D eigenvalue weighted by Crippen LogP contribution is 2.19. The highest BCUT2D eigenvalue weighted by Gasteiger charge is 2.23. The Morgan fingerprint density at radius 3 is 2.95 bits per heavy atom. The fourth-order valence-electron chi connectivity index (χ4n) is 2.39. The Labute approximate surface area is 115 Å². The van der Waals surface area contributed by atoms with Crippen LogP contribution >= 0.6 is 0 Å². The number of hydrogen-bond donors (Lipinski definition) is 2. The highest BCUT2D eigenvalue weighted by molar-refractivity contribution is 5.35. The smallest absolute Gasteiger partial charge is 0.125 e. The summed E-state index contributed by atoms with van der Waals surface area (Å²) in [5.41, 5.74) is 1.21. The first kappa shape index (κ1) is 14.3. The molecule has 0 radical (unpaired) electrons. The van der Waals surface area contributed by atoms with Gasteiger partial charge in [0, 0.05) is 25.8 Å². The van der Waals surface area contributed by atoms with Crippen molar-refractivity contribution in [2.24, 2.45) is 5.92 Å². The van der Waals surface area contributed by atoms with Crippen molar-refractivity contribution < 1.29 is 5.11 Å². The summed E-state index contributed by atoms with van der Waals surface area (Å²) in [4.78, 5) is 6.72. The molecule has 0 saturated carbocycles. The van der Waals surface area contributed by atoms with Gasteiger partial charge < -0.3 is 10.4 Å². The summed E-state index contributed by atoms with van der Waals surface area (Å²) in [6.45, 7) is 7.94. The zero-order valence-electron chi connectivity index (χ0n) is 12.0. The van der Waals surface area contributed by atoms with Crippen molar-refractivity contribution in [3.63, 3.8) is 0 Å². The molecule has 2 unspecified atom stereocenters. The van der Waals surface area contributed by atoms with Gasteiger partial charge in [0.15, 0.2) is 0 Å². The van der Waals surface area contributed by atoms with Crippen LogP contribution in [-0.4, -0.2) is 40.7 Å². The first-order chi connectivity index (χ1) is 9.19.